The number of halogens is 1. The van der Waals surface area contributed by atoms with Crippen LogP contribution in [-0.4, -0.2) is 16.3 Å². The molecule has 0 saturated carbocycles. The van der Waals surface area contributed by atoms with Gasteiger partial charge in [-0.25, -0.2) is 0 Å². The monoisotopic (exact) mass is 311 g/mol. The molecule has 0 fully saturated rings. The molecule has 1 N–H and O–H groups in total. The first-order chi connectivity index (χ1) is 8.74. The summed E-state index contributed by atoms with van der Waals surface area (Å²) in [6.07, 6.45) is 5.04. The van der Waals surface area contributed by atoms with Crippen molar-refractivity contribution in [3.8, 4) is 0 Å². The molecule has 0 aliphatic rings. The summed E-state index contributed by atoms with van der Waals surface area (Å²) in [6.45, 7) is 6.05. The van der Waals surface area contributed by atoms with E-state index in [4.69, 9.17) is 4.42 Å². The van der Waals surface area contributed by atoms with Gasteiger partial charge in [-0.2, -0.15) is 5.10 Å². The lowest BCUT2D eigenvalue weighted by molar-refractivity contribution is 0.432. The second-order valence-electron chi connectivity index (χ2n) is 4.16. The third-order valence-electron chi connectivity index (χ3n) is 2.79. The summed E-state index contributed by atoms with van der Waals surface area (Å²) in [6, 6.07) is 3.97. The quantitative estimate of drug-likeness (QED) is 0.889. The van der Waals surface area contributed by atoms with E-state index in [0.29, 0.717) is 0 Å². The van der Waals surface area contributed by atoms with E-state index >= 15 is 0 Å². The average molecular weight is 312 g/mol. The van der Waals surface area contributed by atoms with Crippen LogP contribution in [0.5, 0.6) is 0 Å². The molecule has 0 bridgehead atoms. The van der Waals surface area contributed by atoms with Gasteiger partial charge in [-0.1, -0.05) is 6.92 Å². The second kappa shape index (κ2) is 6.20. The average Bonchev–Trinajstić information content (AvgIpc) is 2.99. The van der Waals surface area contributed by atoms with Crippen LogP contribution < -0.4 is 5.32 Å². The molecule has 0 aliphatic heterocycles. The lowest BCUT2D eigenvalue weighted by Gasteiger charge is -2.14. The summed E-state index contributed by atoms with van der Waals surface area (Å²) >= 11 is 3.34. The van der Waals surface area contributed by atoms with Gasteiger partial charge in [0, 0.05) is 18.3 Å². The number of furan rings is 1. The predicted molar refractivity (Wildman–Crippen MR) is 74.4 cm³/mol. The fraction of sp³-hybridized carbons (Fsp3) is 0.462. The van der Waals surface area contributed by atoms with E-state index in [-0.39, 0.29) is 6.04 Å². The molecule has 2 heterocycles. The number of nitrogens with zero attached hydrogens (tertiary/aromatic N) is 2. The Hall–Kier alpha value is -1.07. The number of aromatic nitrogens is 2. The second-order valence-corrected chi connectivity index (χ2v) is 4.94. The fourth-order valence-corrected chi connectivity index (χ4v) is 2.18. The van der Waals surface area contributed by atoms with Crippen molar-refractivity contribution in [2.75, 3.05) is 6.54 Å². The van der Waals surface area contributed by atoms with Crippen LogP contribution in [0.15, 0.2) is 33.6 Å². The van der Waals surface area contributed by atoms with Crippen molar-refractivity contribution in [2.24, 2.45) is 0 Å². The lowest BCUT2D eigenvalue weighted by atomic mass is 10.1. The van der Waals surface area contributed by atoms with Gasteiger partial charge < -0.3 is 9.73 Å². The van der Waals surface area contributed by atoms with Gasteiger partial charge in [0.2, 0.25) is 0 Å². The Morgan fingerprint density at radius 3 is 2.83 bits per heavy atom. The third kappa shape index (κ3) is 3.03. The fourth-order valence-electron chi connectivity index (χ4n) is 1.86. The van der Waals surface area contributed by atoms with E-state index in [2.05, 4.69) is 46.4 Å². The van der Waals surface area contributed by atoms with Gasteiger partial charge in [-0.05, 0) is 48.0 Å². The first-order valence-electron chi connectivity index (χ1n) is 6.25. The number of hydrogen-bond donors (Lipinski definition) is 1. The molecular weight excluding hydrogens is 294 g/mol. The zero-order chi connectivity index (χ0) is 13.0. The van der Waals surface area contributed by atoms with E-state index in [1.165, 1.54) is 0 Å². The molecule has 5 heteroatoms. The maximum atomic E-state index is 5.66. The van der Waals surface area contributed by atoms with Gasteiger partial charge in [0.15, 0.2) is 4.67 Å². The Morgan fingerprint density at radius 2 is 2.28 bits per heavy atom. The van der Waals surface area contributed by atoms with Crippen molar-refractivity contribution in [3.63, 3.8) is 0 Å². The van der Waals surface area contributed by atoms with Gasteiger partial charge in [0.25, 0.3) is 0 Å². The molecule has 18 heavy (non-hydrogen) atoms. The summed E-state index contributed by atoms with van der Waals surface area (Å²) in [5.74, 6) is 0.908. The van der Waals surface area contributed by atoms with Crippen molar-refractivity contribution in [3.05, 3.63) is 40.5 Å². The van der Waals surface area contributed by atoms with Gasteiger partial charge in [-0.3, -0.25) is 4.68 Å². The van der Waals surface area contributed by atoms with Crippen molar-refractivity contribution in [1.29, 1.82) is 0 Å². The maximum Gasteiger partial charge on any atom is 0.169 e. The lowest BCUT2D eigenvalue weighted by Crippen LogP contribution is -2.22. The van der Waals surface area contributed by atoms with E-state index < -0.39 is 0 Å². The Morgan fingerprint density at radius 1 is 1.44 bits per heavy atom. The van der Waals surface area contributed by atoms with Crippen molar-refractivity contribution in [1.82, 2.24) is 15.1 Å². The Kier molecular flexibility index (Phi) is 4.60. The molecule has 0 aromatic carbocycles. The summed E-state index contributed by atoms with van der Waals surface area (Å²) in [5.41, 5.74) is 1.13. The van der Waals surface area contributed by atoms with Gasteiger partial charge >= 0.3 is 0 Å². The zero-order valence-corrected chi connectivity index (χ0v) is 12.3. The SMILES string of the molecule is CCCNC(c1cnn(CC)c1)c1ccc(Br)o1. The van der Waals surface area contributed by atoms with E-state index in [1.54, 1.807) is 0 Å². The summed E-state index contributed by atoms with van der Waals surface area (Å²) in [5, 5.41) is 7.80. The van der Waals surface area contributed by atoms with E-state index in [0.717, 1.165) is 35.5 Å². The third-order valence-corrected chi connectivity index (χ3v) is 3.21. The molecule has 0 radical (unpaired) electrons. The van der Waals surface area contributed by atoms with Crippen LogP contribution in [0.2, 0.25) is 0 Å². The zero-order valence-electron chi connectivity index (χ0n) is 10.7. The molecule has 2 rings (SSSR count). The highest BCUT2D eigenvalue weighted by atomic mass is 79.9. The molecule has 1 atom stereocenters. The van der Waals surface area contributed by atoms with Crippen LogP contribution in [0.3, 0.4) is 0 Å². The van der Waals surface area contributed by atoms with Gasteiger partial charge in [0.05, 0.1) is 12.2 Å². The highest BCUT2D eigenvalue weighted by Crippen LogP contribution is 2.25. The van der Waals surface area contributed by atoms with Crippen molar-refractivity contribution >= 4 is 15.9 Å². The van der Waals surface area contributed by atoms with Crippen LogP contribution in [0, 0.1) is 0 Å². The van der Waals surface area contributed by atoms with Gasteiger partial charge in [-0.15, -0.1) is 0 Å². The molecule has 0 spiro atoms. The maximum absolute atomic E-state index is 5.66. The first kappa shape index (κ1) is 13.4. The first-order valence-corrected chi connectivity index (χ1v) is 7.04. The molecule has 2 aromatic rings. The number of hydrogen-bond acceptors (Lipinski definition) is 3. The van der Waals surface area contributed by atoms with Crippen LogP contribution in [0.4, 0.5) is 0 Å². The largest absolute Gasteiger partial charge is 0.452 e. The summed E-state index contributed by atoms with van der Waals surface area (Å²) in [4.78, 5) is 0. The summed E-state index contributed by atoms with van der Waals surface area (Å²) in [7, 11) is 0. The minimum absolute atomic E-state index is 0.0662. The number of rotatable bonds is 6. The predicted octanol–water partition coefficient (Wildman–Crippen LogP) is 3.35. The Labute approximate surface area is 115 Å². The van der Waals surface area contributed by atoms with Gasteiger partial charge in [0.1, 0.15) is 5.76 Å². The molecule has 98 valence electrons. The Balaban J connectivity index is 2.24. The molecule has 0 saturated heterocycles. The highest BCUT2D eigenvalue weighted by molar-refractivity contribution is 9.10. The van der Waals surface area contributed by atoms with Crippen molar-refractivity contribution in [2.45, 2.75) is 32.9 Å². The van der Waals surface area contributed by atoms with Crippen molar-refractivity contribution < 1.29 is 4.42 Å². The van der Waals surface area contributed by atoms with Crippen LogP contribution in [0.1, 0.15) is 37.6 Å². The van der Waals surface area contributed by atoms with Crippen LogP contribution in [-0.2, 0) is 6.54 Å². The van der Waals surface area contributed by atoms with Crippen LogP contribution >= 0.6 is 15.9 Å². The highest BCUT2D eigenvalue weighted by Gasteiger charge is 2.18. The molecule has 4 nitrogen and oxygen atoms in total. The molecule has 0 amide bonds. The van der Waals surface area contributed by atoms with E-state index in [9.17, 15) is 0 Å². The molecule has 2 aromatic heterocycles. The topological polar surface area (TPSA) is 43.0 Å². The smallest absolute Gasteiger partial charge is 0.169 e. The number of aryl methyl sites for hydroxylation is 1. The van der Waals surface area contributed by atoms with Crippen LogP contribution in [0.25, 0.3) is 0 Å². The normalized spacial score (nSPS) is 12.8. The standard InChI is InChI=1S/C13H18BrN3O/c1-3-7-15-13(11-5-6-12(14)18-11)10-8-16-17(4-2)9-10/h5-6,8-9,13,15H,3-4,7H2,1-2H3. The minimum Gasteiger partial charge on any atom is -0.452 e. The molecular formula is C13H18BrN3O. The summed E-state index contributed by atoms with van der Waals surface area (Å²) < 4.78 is 8.34. The van der Waals surface area contributed by atoms with E-state index in [1.807, 2.05) is 23.0 Å². The Bertz CT molecular complexity index is 492. The number of nitrogens with one attached hydrogen (secondary N) is 1. The minimum atomic E-state index is 0.0662. The molecule has 1 unspecified atom stereocenters. The molecule has 0 aliphatic carbocycles.